The van der Waals surface area contributed by atoms with Gasteiger partial charge in [-0.1, -0.05) is 30.3 Å². The van der Waals surface area contributed by atoms with Crippen LogP contribution in [0, 0.1) is 0 Å². The van der Waals surface area contributed by atoms with Crippen molar-refractivity contribution in [3.63, 3.8) is 0 Å². The first-order valence-electron chi connectivity index (χ1n) is 8.63. The lowest BCUT2D eigenvalue weighted by atomic mass is 9.96. The average Bonchev–Trinajstić information content (AvgIpc) is 2.99. The summed E-state index contributed by atoms with van der Waals surface area (Å²) in [5, 5.41) is 2.68. The van der Waals surface area contributed by atoms with E-state index in [0.29, 0.717) is 19.6 Å². The molecule has 1 heterocycles. The van der Waals surface area contributed by atoms with Crippen molar-refractivity contribution in [2.24, 2.45) is 0 Å². The number of nitrogens with one attached hydrogen (secondary N) is 1. The average molecular weight is 348 g/mol. The van der Waals surface area contributed by atoms with Gasteiger partial charge in [-0.05, 0) is 39.2 Å². The minimum absolute atomic E-state index is 0.140. The van der Waals surface area contributed by atoms with E-state index >= 15 is 0 Å². The monoisotopic (exact) mass is 348 g/mol. The van der Waals surface area contributed by atoms with Gasteiger partial charge in [-0.3, -0.25) is 9.69 Å². The highest BCUT2D eigenvalue weighted by Crippen LogP contribution is 2.32. The molecular weight excluding hydrogens is 320 g/mol. The molecule has 1 aromatic rings. The summed E-state index contributed by atoms with van der Waals surface area (Å²) in [4.78, 5) is 26.7. The van der Waals surface area contributed by atoms with Crippen molar-refractivity contribution in [1.82, 2.24) is 10.2 Å². The first-order valence-corrected chi connectivity index (χ1v) is 8.63. The fourth-order valence-corrected chi connectivity index (χ4v) is 3.06. The van der Waals surface area contributed by atoms with Gasteiger partial charge in [-0.25, -0.2) is 4.79 Å². The van der Waals surface area contributed by atoms with Crippen molar-refractivity contribution < 1.29 is 19.1 Å². The first kappa shape index (κ1) is 19.2. The van der Waals surface area contributed by atoms with Crippen LogP contribution < -0.4 is 5.32 Å². The zero-order chi connectivity index (χ0) is 18.5. The van der Waals surface area contributed by atoms with Gasteiger partial charge in [-0.2, -0.15) is 0 Å². The van der Waals surface area contributed by atoms with E-state index in [1.165, 1.54) is 4.90 Å². The number of hydrogen-bond acceptors (Lipinski definition) is 4. The third-order valence-corrected chi connectivity index (χ3v) is 4.20. The standard InChI is InChI=1S/C19H28N2O4/c1-18(2,3)25-17(23)21-12-8-11-19(21,16(22)20-4)14-24-13-15-9-6-5-7-10-15/h5-7,9-10H,8,11-14H2,1-4H3,(H,20,22). The summed E-state index contributed by atoms with van der Waals surface area (Å²) in [6, 6.07) is 9.75. The van der Waals surface area contributed by atoms with E-state index in [-0.39, 0.29) is 12.5 Å². The van der Waals surface area contributed by atoms with Gasteiger partial charge in [0, 0.05) is 13.6 Å². The van der Waals surface area contributed by atoms with E-state index in [1.54, 1.807) is 7.05 Å². The number of carbonyl (C=O) groups excluding carboxylic acids is 2. The Morgan fingerprint density at radius 3 is 2.52 bits per heavy atom. The normalized spacial score (nSPS) is 20.4. The van der Waals surface area contributed by atoms with Crippen molar-refractivity contribution in [2.75, 3.05) is 20.2 Å². The van der Waals surface area contributed by atoms with Crippen LogP contribution in [0.25, 0.3) is 0 Å². The molecule has 0 aliphatic carbocycles. The third kappa shape index (κ3) is 4.72. The van der Waals surface area contributed by atoms with E-state index < -0.39 is 17.2 Å². The smallest absolute Gasteiger partial charge is 0.411 e. The van der Waals surface area contributed by atoms with Gasteiger partial charge >= 0.3 is 6.09 Å². The summed E-state index contributed by atoms with van der Waals surface area (Å²) in [7, 11) is 1.58. The summed E-state index contributed by atoms with van der Waals surface area (Å²) in [6.45, 7) is 6.46. The number of hydrogen-bond donors (Lipinski definition) is 1. The molecule has 6 nitrogen and oxygen atoms in total. The number of nitrogens with zero attached hydrogens (tertiary/aromatic N) is 1. The summed E-state index contributed by atoms with van der Waals surface area (Å²) < 4.78 is 11.3. The molecule has 25 heavy (non-hydrogen) atoms. The lowest BCUT2D eigenvalue weighted by Gasteiger charge is -2.37. The lowest BCUT2D eigenvalue weighted by Crippen LogP contribution is -2.60. The zero-order valence-electron chi connectivity index (χ0n) is 15.5. The quantitative estimate of drug-likeness (QED) is 0.888. The van der Waals surface area contributed by atoms with Crippen LogP contribution in [0.4, 0.5) is 4.79 Å². The molecule has 1 aliphatic rings. The van der Waals surface area contributed by atoms with Crippen LogP contribution >= 0.6 is 0 Å². The molecule has 0 radical (unpaired) electrons. The molecule has 0 aromatic heterocycles. The SMILES string of the molecule is CNC(=O)C1(COCc2ccccc2)CCCN1C(=O)OC(C)(C)C. The van der Waals surface area contributed by atoms with Crippen molar-refractivity contribution in [1.29, 1.82) is 0 Å². The molecule has 1 unspecified atom stereocenters. The van der Waals surface area contributed by atoms with Crippen molar-refractivity contribution >= 4 is 12.0 Å². The number of ether oxygens (including phenoxy) is 2. The topological polar surface area (TPSA) is 67.9 Å². The molecule has 1 aromatic carbocycles. The molecule has 1 atom stereocenters. The Morgan fingerprint density at radius 1 is 1.24 bits per heavy atom. The second-order valence-electron chi connectivity index (χ2n) is 7.32. The molecule has 138 valence electrons. The van der Waals surface area contributed by atoms with Crippen LogP contribution in [-0.4, -0.2) is 48.2 Å². The zero-order valence-corrected chi connectivity index (χ0v) is 15.5. The first-order chi connectivity index (χ1) is 11.8. The molecule has 1 N–H and O–H groups in total. The maximum Gasteiger partial charge on any atom is 0.411 e. The van der Waals surface area contributed by atoms with Crippen molar-refractivity contribution in [3.05, 3.63) is 35.9 Å². The Balaban J connectivity index is 2.12. The molecule has 1 fully saturated rings. The molecular formula is C19H28N2O4. The van der Waals surface area contributed by atoms with Crippen LogP contribution in [0.1, 0.15) is 39.2 Å². The molecule has 2 amide bonds. The second kappa shape index (κ2) is 7.87. The molecule has 0 bridgehead atoms. The molecule has 2 rings (SSSR count). The predicted molar refractivity (Wildman–Crippen MR) is 95.1 cm³/mol. The number of rotatable bonds is 5. The van der Waals surface area contributed by atoms with Crippen molar-refractivity contribution in [3.8, 4) is 0 Å². The number of carbonyl (C=O) groups is 2. The van der Waals surface area contributed by atoms with Gasteiger partial charge < -0.3 is 14.8 Å². The molecule has 0 saturated carbocycles. The van der Waals surface area contributed by atoms with Crippen LogP contribution in [0.5, 0.6) is 0 Å². The summed E-state index contributed by atoms with van der Waals surface area (Å²) in [5.41, 5.74) is -0.610. The molecule has 1 saturated heterocycles. The maximum absolute atomic E-state index is 12.6. The van der Waals surface area contributed by atoms with Crippen LogP contribution in [0.2, 0.25) is 0 Å². The number of benzene rings is 1. The third-order valence-electron chi connectivity index (χ3n) is 4.20. The van der Waals surface area contributed by atoms with Crippen LogP contribution in [0.15, 0.2) is 30.3 Å². The summed E-state index contributed by atoms with van der Waals surface area (Å²) in [5.74, 6) is -0.219. The summed E-state index contributed by atoms with van der Waals surface area (Å²) in [6.07, 6.45) is 0.819. The lowest BCUT2D eigenvalue weighted by molar-refractivity contribution is -0.135. The van der Waals surface area contributed by atoms with Gasteiger partial charge in [0.1, 0.15) is 11.1 Å². The highest BCUT2D eigenvalue weighted by Gasteiger charge is 2.51. The highest BCUT2D eigenvalue weighted by atomic mass is 16.6. The van der Waals surface area contributed by atoms with E-state index in [0.717, 1.165) is 12.0 Å². The number of likely N-dealkylation sites (N-methyl/N-ethyl adjacent to an activating group) is 1. The van der Waals surface area contributed by atoms with E-state index in [2.05, 4.69) is 5.32 Å². The fourth-order valence-electron chi connectivity index (χ4n) is 3.06. The molecule has 1 aliphatic heterocycles. The second-order valence-corrected chi connectivity index (χ2v) is 7.32. The minimum atomic E-state index is -1.02. The predicted octanol–water partition coefficient (Wildman–Crippen LogP) is 2.72. The molecule has 0 spiro atoms. The Hall–Kier alpha value is -2.08. The Labute approximate surface area is 149 Å². The van der Waals surface area contributed by atoms with Gasteiger partial charge in [0.2, 0.25) is 5.91 Å². The van der Waals surface area contributed by atoms with Crippen molar-refractivity contribution in [2.45, 2.75) is 51.4 Å². The Morgan fingerprint density at radius 2 is 1.92 bits per heavy atom. The largest absolute Gasteiger partial charge is 0.444 e. The van der Waals surface area contributed by atoms with Gasteiger partial charge in [0.05, 0.1) is 13.2 Å². The molecule has 6 heteroatoms. The fraction of sp³-hybridized carbons (Fsp3) is 0.579. The van der Waals surface area contributed by atoms with Crippen LogP contribution in [0.3, 0.4) is 0 Å². The van der Waals surface area contributed by atoms with E-state index in [9.17, 15) is 9.59 Å². The maximum atomic E-state index is 12.6. The number of likely N-dealkylation sites (tertiary alicyclic amines) is 1. The van der Waals surface area contributed by atoms with Gasteiger partial charge in [0.15, 0.2) is 0 Å². The number of amides is 2. The van der Waals surface area contributed by atoms with Gasteiger partial charge in [0.25, 0.3) is 0 Å². The van der Waals surface area contributed by atoms with E-state index in [4.69, 9.17) is 9.47 Å². The van der Waals surface area contributed by atoms with E-state index in [1.807, 2.05) is 51.1 Å². The Kier molecular flexibility index (Phi) is 6.06. The minimum Gasteiger partial charge on any atom is -0.444 e. The van der Waals surface area contributed by atoms with Gasteiger partial charge in [-0.15, -0.1) is 0 Å². The highest BCUT2D eigenvalue weighted by molar-refractivity contribution is 5.90. The summed E-state index contributed by atoms with van der Waals surface area (Å²) >= 11 is 0. The Bertz CT molecular complexity index is 597. The van der Waals surface area contributed by atoms with Crippen LogP contribution in [-0.2, 0) is 20.9 Å².